The zero-order chi connectivity index (χ0) is 42.1. The summed E-state index contributed by atoms with van der Waals surface area (Å²) < 4.78 is 0. The number of hydrogen-bond acceptors (Lipinski definition) is 6. The molecule has 0 amide bonds. The monoisotopic (exact) mass is 810 g/mol. The van der Waals surface area contributed by atoms with Gasteiger partial charge in [-0.15, -0.1) is 0 Å². The van der Waals surface area contributed by atoms with Crippen LogP contribution in [0, 0.1) is 13.8 Å². The Labute approximate surface area is 367 Å². The molecule has 0 fully saturated rings. The highest BCUT2D eigenvalue weighted by atomic mass is 15.0. The van der Waals surface area contributed by atoms with Crippen LogP contribution in [-0.2, 0) is 5.41 Å². The van der Waals surface area contributed by atoms with E-state index >= 15 is 0 Å². The molecule has 0 N–H and O–H groups in total. The van der Waals surface area contributed by atoms with Gasteiger partial charge in [0.1, 0.15) is 5.82 Å². The molecule has 0 saturated carbocycles. The van der Waals surface area contributed by atoms with Crippen LogP contribution in [-0.4, -0.2) is 29.9 Å². The van der Waals surface area contributed by atoms with Crippen molar-refractivity contribution >= 4 is 5.57 Å². The van der Waals surface area contributed by atoms with Crippen molar-refractivity contribution in [2.45, 2.75) is 44.4 Å². The normalized spacial score (nSPS) is 17.6. The summed E-state index contributed by atoms with van der Waals surface area (Å²) in [5, 5.41) is 0. The van der Waals surface area contributed by atoms with E-state index in [0.717, 1.165) is 58.7 Å². The van der Waals surface area contributed by atoms with Crippen molar-refractivity contribution in [3.05, 3.63) is 221 Å². The average molecular weight is 811 g/mol. The molecule has 300 valence electrons. The summed E-state index contributed by atoms with van der Waals surface area (Å²) in [7, 11) is 0. The Morgan fingerprint density at radius 1 is 0.444 bits per heavy atom. The number of fused-ring (bicyclic) bond motifs is 10. The fraction of sp³-hybridized carbons (Fsp3) is 0.123. The lowest BCUT2D eigenvalue weighted by atomic mass is 9.69. The maximum atomic E-state index is 5.27. The molecule has 0 radical (unpaired) electrons. The minimum Gasteiger partial charge on any atom is -0.213 e. The highest BCUT2D eigenvalue weighted by Crippen LogP contribution is 2.63. The van der Waals surface area contributed by atoms with Crippen LogP contribution in [0.25, 0.3) is 73.4 Å². The molecule has 4 aliphatic rings. The number of benzene rings is 6. The van der Waals surface area contributed by atoms with Gasteiger partial charge in [-0.2, -0.15) is 0 Å². The Morgan fingerprint density at radius 3 is 1.46 bits per heavy atom. The first-order valence-electron chi connectivity index (χ1n) is 21.9. The van der Waals surface area contributed by atoms with Crippen LogP contribution in [0.5, 0.6) is 0 Å². The molecule has 2 heterocycles. The summed E-state index contributed by atoms with van der Waals surface area (Å²) in [5.41, 5.74) is 16.6. The van der Waals surface area contributed by atoms with Crippen LogP contribution in [0.1, 0.15) is 70.2 Å². The molecule has 6 heteroatoms. The molecule has 6 nitrogen and oxygen atoms in total. The third-order valence-corrected chi connectivity index (χ3v) is 13.1. The fourth-order valence-electron chi connectivity index (χ4n) is 10.1. The first kappa shape index (κ1) is 37.1. The number of nitrogens with zero attached hydrogens (tertiary/aromatic N) is 6. The lowest BCUT2D eigenvalue weighted by Crippen LogP contribution is -2.26. The van der Waals surface area contributed by atoms with Gasteiger partial charge in [0.15, 0.2) is 29.1 Å². The van der Waals surface area contributed by atoms with Crippen molar-refractivity contribution in [1.82, 2.24) is 29.9 Å². The quantitative estimate of drug-likeness (QED) is 0.166. The third-order valence-electron chi connectivity index (χ3n) is 13.1. The summed E-state index contributed by atoms with van der Waals surface area (Å²) in [6.07, 6.45) is 17.8. The predicted molar refractivity (Wildman–Crippen MR) is 253 cm³/mol. The fourth-order valence-corrected chi connectivity index (χ4v) is 10.1. The van der Waals surface area contributed by atoms with Gasteiger partial charge < -0.3 is 0 Å². The minimum atomic E-state index is -0.636. The third kappa shape index (κ3) is 6.08. The van der Waals surface area contributed by atoms with Crippen LogP contribution in [0.15, 0.2) is 176 Å². The van der Waals surface area contributed by atoms with Gasteiger partial charge in [0.05, 0.1) is 5.41 Å². The molecule has 4 aliphatic carbocycles. The van der Waals surface area contributed by atoms with Gasteiger partial charge in [-0.3, -0.25) is 0 Å². The lowest BCUT2D eigenvalue weighted by Gasteiger charge is -2.31. The second-order valence-corrected chi connectivity index (χ2v) is 17.1. The Kier molecular flexibility index (Phi) is 8.68. The first-order chi connectivity index (χ1) is 31.0. The van der Waals surface area contributed by atoms with E-state index in [9.17, 15) is 0 Å². The maximum absolute atomic E-state index is 5.27. The number of allylic oxidation sites excluding steroid dienone is 8. The second kappa shape index (κ2) is 14.7. The largest absolute Gasteiger partial charge is 0.213 e. The smallest absolute Gasteiger partial charge is 0.164 e. The minimum absolute atomic E-state index is 0.0819. The maximum Gasteiger partial charge on any atom is 0.164 e. The Bertz CT molecular complexity index is 3210. The van der Waals surface area contributed by atoms with E-state index in [1.54, 1.807) is 0 Å². The second-order valence-electron chi connectivity index (χ2n) is 17.1. The summed E-state index contributed by atoms with van der Waals surface area (Å²) in [5.74, 6) is 4.25. The molecule has 2 unspecified atom stereocenters. The molecule has 0 aliphatic heterocycles. The van der Waals surface area contributed by atoms with Crippen molar-refractivity contribution in [2.75, 3.05) is 0 Å². The van der Waals surface area contributed by atoms with Crippen LogP contribution in [0.4, 0.5) is 0 Å². The van der Waals surface area contributed by atoms with Crippen LogP contribution in [0.3, 0.4) is 0 Å². The van der Waals surface area contributed by atoms with E-state index in [1.165, 1.54) is 55.6 Å². The number of hydrogen-bond donors (Lipinski definition) is 0. The molecule has 2 aromatic heterocycles. The summed E-state index contributed by atoms with van der Waals surface area (Å²) >= 11 is 0. The highest BCUT2D eigenvalue weighted by Gasteiger charge is 2.52. The van der Waals surface area contributed by atoms with Gasteiger partial charge in [0, 0.05) is 28.2 Å². The summed E-state index contributed by atoms with van der Waals surface area (Å²) in [6.45, 7) is 4.40. The molecule has 1 spiro atoms. The molecule has 12 rings (SSSR count). The predicted octanol–water partition coefficient (Wildman–Crippen LogP) is 13.0. The summed E-state index contributed by atoms with van der Waals surface area (Å²) in [6, 6.07) is 48.0. The van der Waals surface area contributed by atoms with Gasteiger partial charge >= 0.3 is 0 Å². The van der Waals surface area contributed by atoms with E-state index < -0.39 is 5.41 Å². The van der Waals surface area contributed by atoms with E-state index in [4.69, 9.17) is 29.9 Å². The van der Waals surface area contributed by atoms with Crippen molar-refractivity contribution < 1.29 is 0 Å². The molecule has 0 bridgehead atoms. The number of rotatable bonds is 6. The first-order valence-corrected chi connectivity index (χ1v) is 21.9. The molecule has 8 aromatic rings. The van der Waals surface area contributed by atoms with E-state index in [1.807, 2.05) is 36.4 Å². The van der Waals surface area contributed by atoms with Gasteiger partial charge in [-0.25, -0.2) is 29.9 Å². The van der Waals surface area contributed by atoms with Gasteiger partial charge in [0.2, 0.25) is 0 Å². The Hall–Kier alpha value is -7.70. The van der Waals surface area contributed by atoms with Crippen molar-refractivity contribution in [2.24, 2.45) is 0 Å². The topological polar surface area (TPSA) is 77.3 Å². The molecule has 63 heavy (non-hydrogen) atoms. The zero-order valence-electron chi connectivity index (χ0n) is 35.1. The Balaban J connectivity index is 1.10. The zero-order valence-corrected chi connectivity index (χ0v) is 35.1. The van der Waals surface area contributed by atoms with Crippen molar-refractivity contribution in [3.63, 3.8) is 0 Å². The van der Waals surface area contributed by atoms with E-state index in [-0.39, 0.29) is 5.92 Å². The SMILES string of the molecule is Cc1ccc2c(c1)C1(c3cc(C)ccc3-c3ccc(-c4nc(C5=CC=CCC5)nc(C5C=CC=CC5)n4)cc31)c1cc(-c3nc(-c4ccccc4)nc(-c4ccccc4)n3)ccc1-2. The molecular formula is C57H42N6. The molecule has 6 aromatic carbocycles. The van der Waals surface area contributed by atoms with Crippen molar-refractivity contribution in [3.8, 4) is 67.8 Å². The highest BCUT2D eigenvalue weighted by molar-refractivity contribution is 5.97. The molecule has 0 saturated heterocycles. The molecule has 2 atom stereocenters. The van der Waals surface area contributed by atoms with Gasteiger partial charge in [0.25, 0.3) is 0 Å². The lowest BCUT2D eigenvalue weighted by molar-refractivity contribution is 0.754. The summed E-state index contributed by atoms with van der Waals surface area (Å²) in [4.78, 5) is 31.1. The number of aryl methyl sites for hydroxylation is 2. The van der Waals surface area contributed by atoms with Crippen LogP contribution in [0.2, 0.25) is 0 Å². The number of aromatic nitrogens is 6. The van der Waals surface area contributed by atoms with E-state index in [2.05, 4.69) is 153 Å². The standard InChI is InChI=1S/C57H42N6/c1-35-23-27-43-45-29-25-41(55-60-51(37-15-7-3-8-16-37)58-52(61-55)38-17-9-4-10-18-38)33-49(45)57(47(43)31-35)48-32-36(2)24-28-44(48)46-30-26-42(34-50(46)57)56-62-53(39-19-11-5-12-20-39)59-54(63-56)40-21-13-6-14-22-40/h3-13,15-19,21,23-34,39H,14,20,22H2,1-2H3. The Morgan fingerprint density at radius 2 is 0.937 bits per heavy atom. The average Bonchev–Trinajstić information content (AvgIpc) is 3.80. The molecular weight excluding hydrogens is 769 g/mol. The van der Waals surface area contributed by atoms with Gasteiger partial charge in [-0.05, 0) is 95.3 Å². The van der Waals surface area contributed by atoms with Gasteiger partial charge in [-0.1, -0.05) is 175 Å². The van der Waals surface area contributed by atoms with Crippen LogP contribution >= 0.6 is 0 Å². The van der Waals surface area contributed by atoms with Crippen LogP contribution < -0.4 is 0 Å². The van der Waals surface area contributed by atoms with E-state index in [0.29, 0.717) is 23.3 Å². The van der Waals surface area contributed by atoms with Crippen molar-refractivity contribution in [1.29, 1.82) is 0 Å².